The first-order valence-electron chi connectivity index (χ1n) is 4.53. The lowest BCUT2D eigenvalue weighted by Crippen LogP contribution is -2.39. The van der Waals surface area contributed by atoms with Crippen molar-refractivity contribution in [1.82, 2.24) is 9.55 Å². The minimum atomic E-state index is -0.628. The summed E-state index contributed by atoms with van der Waals surface area (Å²) in [6, 6.07) is -0.628. The molecule has 1 heterocycles. The number of hydrogen-bond acceptors (Lipinski definition) is 5. The maximum atomic E-state index is 11.2. The summed E-state index contributed by atoms with van der Waals surface area (Å²) < 4.78 is 6.46. The van der Waals surface area contributed by atoms with Crippen molar-refractivity contribution >= 4 is 17.7 Å². The molecule has 0 aliphatic carbocycles. The zero-order valence-corrected chi connectivity index (χ0v) is 9.82. The van der Waals surface area contributed by atoms with Crippen LogP contribution in [0.2, 0.25) is 0 Å². The number of nitrogens with two attached hydrogens (primary N) is 1. The number of ether oxygens (including phenoxy) is 1. The number of rotatable bonds is 4. The number of carbonyl (C=O) groups is 1. The fourth-order valence-corrected chi connectivity index (χ4v) is 1.97. The molecule has 84 valence electrons. The molecule has 1 aromatic heterocycles. The number of esters is 1. The van der Waals surface area contributed by atoms with Crippen molar-refractivity contribution in [1.29, 1.82) is 0 Å². The number of thioether (sulfide) groups is 1. The summed E-state index contributed by atoms with van der Waals surface area (Å²) in [5, 5.41) is 0.764. The van der Waals surface area contributed by atoms with Crippen molar-refractivity contribution in [2.75, 3.05) is 7.11 Å². The average molecular weight is 229 g/mol. The SMILES string of the molecule is COC(=O)[C@H](N)[C@@H](C)Sc1nccn1C. The summed E-state index contributed by atoms with van der Waals surface area (Å²) in [6.07, 6.45) is 3.55. The van der Waals surface area contributed by atoms with Crippen molar-refractivity contribution in [3.05, 3.63) is 12.4 Å². The van der Waals surface area contributed by atoms with E-state index in [4.69, 9.17) is 5.73 Å². The Morgan fingerprint density at radius 1 is 1.73 bits per heavy atom. The quantitative estimate of drug-likeness (QED) is 0.598. The standard InChI is InChI=1S/C9H15N3O2S/c1-6(7(10)8(13)14-3)15-9-11-4-5-12(9)2/h4-7H,10H2,1-3H3/t6-,7-/m1/s1. The second-order valence-electron chi connectivity index (χ2n) is 3.19. The minimum Gasteiger partial charge on any atom is -0.468 e. The summed E-state index contributed by atoms with van der Waals surface area (Å²) in [5.74, 6) is -0.399. The van der Waals surface area contributed by atoms with Crippen LogP contribution in [0.25, 0.3) is 0 Å². The molecule has 15 heavy (non-hydrogen) atoms. The van der Waals surface area contributed by atoms with Crippen LogP contribution in [-0.4, -0.2) is 33.9 Å². The van der Waals surface area contributed by atoms with Crippen LogP contribution in [-0.2, 0) is 16.6 Å². The Labute approximate surface area is 93.0 Å². The van der Waals surface area contributed by atoms with Crippen LogP contribution < -0.4 is 5.73 Å². The Hall–Kier alpha value is -1.01. The fraction of sp³-hybridized carbons (Fsp3) is 0.556. The monoisotopic (exact) mass is 229 g/mol. The third-order valence-corrected chi connectivity index (χ3v) is 3.32. The zero-order chi connectivity index (χ0) is 11.4. The van der Waals surface area contributed by atoms with E-state index in [9.17, 15) is 4.79 Å². The Morgan fingerprint density at radius 3 is 2.87 bits per heavy atom. The Balaban J connectivity index is 2.59. The molecule has 1 aromatic rings. The van der Waals surface area contributed by atoms with E-state index >= 15 is 0 Å². The second-order valence-corrected chi connectivity index (χ2v) is 4.54. The number of methoxy groups -OCH3 is 1. The largest absolute Gasteiger partial charge is 0.468 e. The fourth-order valence-electron chi connectivity index (χ4n) is 1.03. The molecule has 0 radical (unpaired) electrons. The number of carbonyl (C=O) groups excluding carboxylic acids is 1. The smallest absolute Gasteiger partial charge is 0.323 e. The molecule has 0 aliphatic heterocycles. The van der Waals surface area contributed by atoms with Crippen LogP contribution >= 0.6 is 11.8 Å². The van der Waals surface area contributed by atoms with Crippen LogP contribution in [0.1, 0.15) is 6.92 Å². The van der Waals surface area contributed by atoms with Crippen LogP contribution in [0, 0.1) is 0 Å². The zero-order valence-electron chi connectivity index (χ0n) is 9.01. The molecule has 6 heteroatoms. The summed E-state index contributed by atoms with van der Waals surface area (Å²) in [5.41, 5.74) is 5.71. The molecule has 0 saturated heterocycles. The minimum absolute atomic E-state index is 0.0708. The first kappa shape index (κ1) is 12.1. The van der Waals surface area contributed by atoms with Gasteiger partial charge in [-0.1, -0.05) is 18.7 Å². The van der Waals surface area contributed by atoms with E-state index in [2.05, 4.69) is 9.72 Å². The normalized spacial score (nSPS) is 14.7. The average Bonchev–Trinajstić information content (AvgIpc) is 2.62. The van der Waals surface area contributed by atoms with Gasteiger partial charge in [0.05, 0.1) is 7.11 Å². The molecule has 0 amide bonds. The van der Waals surface area contributed by atoms with Gasteiger partial charge in [0.25, 0.3) is 0 Å². The third kappa shape index (κ3) is 2.97. The van der Waals surface area contributed by atoms with E-state index in [1.165, 1.54) is 18.9 Å². The van der Waals surface area contributed by atoms with Gasteiger partial charge in [0, 0.05) is 24.7 Å². The molecule has 0 fully saturated rings. The molecule has 0 saturated carbocycles. The molecule has 0 unspecified atom stereocenters. The third-order valence-electron chi connectivity index (χ3n) is 2.05. The molecule has 0 bridgehead atoms. The summed E-state index contributed by atoms with van der Waals surface area (Å²) >= 11 is 1.45. The lowest BCUT2D eigenvalue weighted by molar-refractivity contribution is -0.142. The molecule has 2 atom stereocenters. The van der Waals surface area contributed by atoms with E-state index in [-0.39, 0.29) is 5.25 Å². The van der Waals surface area contributed by atoms with Gasteiger partial charge in [-0.25, -0.2) is 4.98 Å². The number of hydrogen-bond donors (Lipinski definition) is 1. The summed E-state index contributed by atoms with van der Waals surface area (Å²) in [4.78, 5) is 15.3. The van der Waals surface area contributed by atoms with E-state index in [0.29, 0.717) is 0 Å². The first-order valence-corrected chi connectivity index (χ1v) is 5.41. The molecule has 0 aliphatic rings. The van der Waals surface area contributed by atoms with Gasteiger partial charge in [-0.2, -0.15) is 0 Å². The van der Waals surface area contributed by atoms with E-state index in [0.717, 1.165) is 5.16 Å². The van der Waals surface area contributed by atoms with Gasteiger partial charge in [0.1, 0.15) is 6.04 Å². The lowest BCUT2D eigenvalue weighted by Gasteiger charge is -2.16. The number of aryl methyl sites for hydroxylation is 1. The van der Waals surface area contributed by atoms with Gasteiger partial charge in [0.15, 0.2) is 5.16 Å². The van der Waals surface area contributed by atoms with Gasteiger partial charge in [0.2, 0.25) is 0 Å². The molecule has 5 nitrogen and oxygen atoms in total. The maximum absolute atomic E-state index is 11.2. The number of aromatic nitrogens is 2. The van der Waals surface area contributed by atoms with Gasteiger partial charge < -0.3 is 15.0 Å². The lowest BCUT2D eigenvalue weighted by atomic mass is 10.2. The van der Waals surface area contributed by atoms with Crippen molar-refractivity contribution in [2.24, 2.45) is 12.8 Å². The molecule has 0 aromatic carbocycles. The predicted molar refractivity (Wildman–Crippen MR) is 58.5 cm³/mol. The Morgan fingerprint density at radius 2 is 2.40 bits per heavy atom. The van der Waals surface area contributed by atoms with Gasteiger partial charge in [-0.15, -0.1) is 0 Å². The summed E-state index contributed by atoms with van der Waals surface area (Å²) in [7, 11) is 3.23. The topological polar surface area (TPSA) is 70.1 Å². The van der Waals surface area contributed by atoms with Gasteiger partial charge in [-0.3, -0.25) is 4.79 Å². The predicted octanol–water partition coefficient (Wildman–Crippen LogP) is 0.401. The van der Waals surface area contributed by atoms with Crippen LogP contribution in [0.15, 0.2) is 17.6 Å². The van der Waals surface area contributed by atoms with Crippen molar-refractivity contribution in [3.63, 3.8) is 0 Å². The Kier molecular flexibility index (Phi) is 4.16. The molecular weight excluding hydrogens is 214 g/mol. The van der Waals surface area contributed by atoms with Crippen LogP contribution in [0.3, 0.4) is 0 Å². The van der Waals surface area contributed by atoms with Gasteiger partial charge >= 0.3 is 5.97 Å². The first-order chi connectivity index (χ1) is 7.06. The molecule has 0 spiro atoms. The number of imidazole rings is 1. The highest BCUT2D eigenvalue weighted by Crippen LogP contribution is 2.22. The highest BCUT2D eigenvalue weighted by Gasteiger charge is 2.23. The van der Waals surface area contributed by atoms with Crippen molar-refractivity contribution in [3.8, 4) is 0 Å². The maximum Gasteiger partial charge on any atom is 0.323 e. The van der Waals surface area contributed by atoms with Crippen molar-refractivity contribution in [2.45, 2.75) is 23.4 Å². The Bertz CT molecular complexity index is 340. The van der Waals surface area contributed by atoms with Gasteiger partial charge in [-0.05, 0) is 0 Å². The molecular formula is C9H15N3O2S. The number of nitrogens with zero attached hydrogens (tertiary/aromatic N) is 2. The van der Waals surface area contributed by atoms with Crippen LogP contribution in [0.5, 0.6) is 0 Å². The molecule has 2 N–H and O–H groups in total. The van der Waals surface area contributed by atoms with Crippen LogP contribution in [0.4, 0.5) is 0 Å². The van der Waals surface area contributed by atoms with E-state index < -0.39 is 12.0 Å². The summed E-state index contributed by atoms with van der Waals surface area (Å²) in [6.45, 7) is 1.88. The highest BCUT2D eigenvalue weighted by atomic mass is 32.2. The molecule has 1 rings (SSSR count). The van der Waals surface area contributed by atoms with E-state index in [1.807, 2.05) is 24.7 Å². The highest BCUT2D eigenvalue weighted by molar-refractivity contribution is 7.99. The van der Waals surface area contributed by atoms with Crippen molar-refractivity contribution < 1.29 is 9.53 Å². The van der Waals surface area contributed by atoms with E-state index in [1.54, 1.807) is 6.20 Å². The second kappa shape index (κ2) is 5.18.